The molecule has 25 heavy (non-hydrogen) atoms. The minimum Gasteiger partial charge on any atom is -0.459 e. The van der Waals surface area contributed by atoms with Gasteiger partial charge in [0.1, 0.15) is 11.4 Å². The number of esters is 1. The van der Waals surface area contributed by atoms with Crippen LogP contribution in [0, 0.1) is 0 Å². The van der Waals surface area contributed by atoms with Gasteiger partial charge in [-0.05, 0) is 52.1 Å². The SMILES string of the molecule is CN(CC(=O)Nc1ccc(OC(F)(F)F)cc1)CC(=O)OC(C)(C)C. The van der Waals surface area contributed by atoms with E-state index in [4.69, 9.17) is 4.74 Å². The molecule has 0 fully saturated rings. The van der Waals surface area contributed by atoms with Gasteiger partial charge in [-0.15, -0.1) is 13.2 Å². The van der Waals surface area contributed by atoms with Gasteiger partial charge >= 0.3 is 12.3 Å². The van der Waals surface area contributed by atoms with Crippen LogP contribution < -0.4 is 10.1 Å². The molecule has 140 valence electrons. The predicted molar refractivity (Wildman–Crippen MR) is 85.1 cm³/mol. The Balaban J connectivity index is 2.47. The van der Waals surface area contributed by atoms with Gasteiger partial charge in [0.2, 0.25) is 5.91 Å². The van der Waals surface area contributed by atoms with Crippen molar-refractivity contribution < 1.29 is 32.2 Å². The van der Waals surface area contributed by atoms with Crippen LogP contribution in [-0.2, 0) is 14.3 Å². The molecule has 6 nitrogen and oxygen atoms in total. The van der Waals surface area contributed by atoms with Gasteiger partial charge in [-0.25, -0.2) is 0 Å². The second-order valence-electron chi connectivity index (χ2n) is 6.38. The van der Waals surface area contributed by atoms with E-state index in [0.717, 1.165) is 12.1 Å². The lowest BCUT2D eigenvalue weighted by Gasteiger charge is -2.22. The van der Waals surface area contributed by atoms with Crippen LogP contribution >= 0.6 is 0 Å². The fourth-order valence-corrected chi connectivity index (χ4v) is 1.84. The van der Waals surface area contributed by atoms with Gasteiger partial charge in [-0.3, -0.25) is 14.5 Å². The summed E-state index contributed by atoms with van der Waals surface area (Å²) in [7, 11) is 1.57. The number of anilines is 1. The molecule has 0 saturated heterocycles. The Hall–Kier alpha value is -2.29. The summed E-state index contributed by atoms with van der Waals surface area (Å²) in [4.78, 5) is 25.0. The van der Waals surface area contributed by atoms with Crippen molar-refractivity contribution in [3.63, 3.8) is 0 Å². The van der Waals surface area contributed by atoms with Crippen LogP contribution in [0.1, 0.15) is 20.8 Å². The Morgan fingerprint density at radius 2 is 1.64 bits per heavy atom. The molecule has 1 aromatic rings. The Kier molecular flexibility index (Phi) is 6.80. The number of benzene rings is 1. The van der Waals surface area contributed by atoms with Gasteiger partial charge in [0.15, 0.2) is 0 Å². The molecule has 0 aliphatic rings. The maximum Gasteiger partial charge on any atom is 0.573 e. The number of nitrogens with zero attached hydrogens (tertiary/aromatic N) is 1. The standard InChI is InChI=1S/C16H21F3N2O4/c1-15(2,3)25-14(23)10-21(4)9-13(22)20-11-5-7-12(8-6-11)24-16(17,18)19/h5-8H,9-10H2,1-4H3,(H,20,22). The van der Waals surface area contributed by atoms with E-state index in [-0.39, 0.29) is 18.8 Å². The maximum absolute atomic E-state index is 12.1. The predicted octanol–water partition coefficient (Wildman–Crippen LogP) is 2.80. The molecule has 1 rings (SSSR count). The molecule has 9 heteroatoms. The number of hydrogen-bond donors (Lipinski definition) is 1. The van der Waals surface area contributed by atoms with Gasteiger partial charge in [-0.1, -0.05) is 0 Å². The third-order valence-electron chi connectivity index (χ3n) is 2.60. The number of nitrogens with one attached hydrogen (secondary N) is 1. The molecular weight excluding hydrogens is 341 g/mol. The molecule has 0 unspecified atom stereocenters. The molecule has 0 radical (unpaired) electrons. The van der Waals surface area contributed by atoms with Crippen molar-refractivity contribution in [3.8, 4) is 5.75 Å². The van der Waals surface area contributed by atoms with E-state index in [1.807, 2.05) is 0 Å². The fraction of sp³-hybridized carbons (Fsp3) is 0.500. The molecule has 0 bridgehead atoms. The zero-order chi connectivity index (χ0) is 19.3. The Morgan fingerprint density at radius 1 is 1.08 bits per heavy atom. The highest BCUT2D eigenvalue weighted by molar-refractivity contribution is 5.92. The van der Waals surface area contributed by atoms with Gasteiger partial charge in [0, 0.05) is 5.69 Å². The fourth-order valence-electron chi connectivity index (χ4n) is 1.84. The lowest BCUT2D eigenvalue weighted by Crippen LogP contribution is -2.37. The lowest BCUT2D eigenvalue weighted by molar-refractivity contribution is -0.274. The third-order valence-corrected chi connectivity index (χ3v) is 2.60. The summed E-state index contributed by atoms with van der Waals surface area (Å²) in [5.74, 6) is -1.26. The van der Waals surface area contributed by atoms with Crippen molar-refractivity contribution >= 4 is 17.6 Å². The summed E-state index contributed by atoms with van der Waals surface area (Å²) >= 11 is 0. The molecule has 0 aliphatic heterocycles. The van der Waals surface area contributed by atoms with E-state index >= 15 is 0 Å². The number of ether oxygens (including phenoxy) is 2. The largest absolute Gasteiger partial charge is 0.573 e. The van der Waals surface area contributed by atoms with E-state index < -0.39 is 23.8 Å². The van der Waals surface area contributed by atoms with Crippen LogP contribution in [0.3, 0.4) is 0 Å². The average Bonchev–Trinajstić information content (AvgIpc) is 2.36. The number of carbonyl (C=O) groups is 2. The van der Waals surface area contributed by atoms with Crippen molar-refractivity contribution in [2.24, 2.45) is 0 Å². The topological polar surface area (TPSA) is 67.9 Å². The van der Waals surface area contributed by atoms with E-state index in [1.54, 1.807) is 27.8 Å². The van der Waals surface area contributed by atoms with Crippen molar-refractivity contribution in [2.45, 2.75) is 32.7 Å². The Labute approximate surface area is 143 Å². The zero-order valence-electron chi connectivity index (χ0n) is 14.4. The second kappa shape index (κ2) is 8.19. The Bertz CT molecular complexity index is 595. The Morgan fingerprint density at radius 3 is 2.12 bits per heavy atom. The molecule has 1 N–H and O–H groups in total. The van der Waals surface area contributed by atoms with Crippen molar-refractivity contribution in [1.29, 1.82) is 0 Å². The number of rotatable bonds is 6. The summed E-state index contributed by atoms with van der Waals surface area (Å²) in [6.45, 7) is 5.07. The van der Waals surface area contributed by atoms with E-state index in [0.29, 0.717) is 5.69 Å². The second-order valence-corrected chi connectivity index (χ2v) is 6.38. The highest BCUT2D eigenvalue weighted by Crippen LogP contribution is 2.23. The van der Waals surface area contributed by atoms with Crippen molar-refractivity contribution in [1.82, 2.24) is 4.90 Å². The first kappa shape index (κ1) is 20.8. The first-order valence-electron chi connectivity index (χ1n) is 7.40. The van der Waals surface area contributed by atoms with Crippen molar-refractivity contribution in [2.75, 3.05) is 25.5 Å². The van der Waals surface area contributed by atoms with Crippen LogP contribution in [0.5, 0.6) is 5.75 Å². The summed E-state index contributed by atoms with van der Waals surface area (Å²) in [5, 5.41) is 2.51. The average molecular weight is 362 g/mol. The van der Waals surface area contributed by atoms with Gasteiger partial charge in [0.05, 0.1) is 13.1 Å². The smallest absolute Gasteiger partial charge is 0.459 e. The molecule has 0 aromatic heterocycles. The highest BCUT2D eigenvalue weighted by atomic mass is 19.4. The lowest BCUT2D eigenvalue weighted by atomic mass is 10.2. The highest BCUT2D eigenvalue weighted by Gasteiger charge is 2.31. The number of halogens is 3. The third kappa shape index (κ3) is 9.55. The first-order chi connectivity index (χ1) is 11.3. The summed E-state index contributed by atoms with van der Waals surface area (Å²) in [6, 6.07) is 4.75. The van der Waals surface area contributed by atoms with Crippen LogP contribution in [0.4, 0.5) is 18.9 Å². The minimum atomic E-state index is -4.77. The zero-order valence-corrected chi connectivity index (χ0v) is 14.4. The number of likely N-dealkylation sites (N-methyl/N-ethyl adjacent to an activating group) is 1. The maximum atomic E-state index is 12.1. The molecule has 0 aliphatic carbocycles. The van der Waals surface area contributed by atoms with Gasteiger partial charge in [-0.2, -0.15) is 0 Å². The molecular formula is C16H21F3N2O4. The molecule has 0 heterocycles. The van der Waals surface area contributed by atoms with Crippen LogP contribution in [-0.4, -0.2) is 48.9 Å². The van der Waals surface area contributed by atoms with Crippen LogP contribution in [0.25, 0.3) is 0 Å². The number of carbonyl (C=O) groups excluding carboxylic acids is 2. The quantitative estimate of drug-likeness (QED) is 0.788. The van der Waals surface area contributed by atoms with Crippen LogP contribution in [0.2, 0.25) is 0 Å². The molecule has 0 saturated carbocycles. The van der Waals surface area contributed by atoms with E-state index in [9.17, 15) is 22.8 Å². The summed E-state index contributed by atoms with van der Waals surface area (Å²) in [6.07, 6.45) is -4.77. The summed E-state index contributed by atoms with van der Waals surface area (Å²) < 4.78 is 45.1. The van der Waals surface area contributed by atoms with E-state index in [1.165, 1.54) is 17.0 Å². The molecule has 0 spiro atoms. The summed E-state index contributed by atoms with van der Waals surface area (Å²) in [5.41, 5.74) is -0.300. The van der Waals surface area contributed by atoms with Crippen molar-refractivity contribution in [3.05, 3.63) is 24.3 Å². The normalized spacial score (nSPS) is 12.0. The number of amides is 1. The van der Waals surface area contributed by atoms with Gasteiger partial charge in [0.25, 0.3) is 0 Å². The van der Waals surface area contributed by atoms with E-state index in [2.05, 4.69) is 10.1 Å². The molecule has 1 aromatic carbocycles. The van der Waals surface area contributed by atoms with Gasteiger partial charge < -0.3 is 14.8 Å². The first-order valence-corrected chi connectivity index (χ1v) is 7.40. The minimum absolute atomic E-state index is 0.0664. The number of hydrogen-bond acceptors (Lipinski definition) is 5. The monoisotopic (exact) mass is 362 g/mol. The number of alkyl halides is 3. The molecule has 1 amide bonds. The molecule has 0 atom stereocenters. The van der Waals surface area contributed by atoms with Crippen LogP contribution in [0.15, 0.2) is 24.3 Å².